The molecule has 0 bridgehead atoms. The van der Waals surface area contributed by atoms with Gasteiger partial charge in [0.05, 0.1) is 5.52 Å². The fourth-order valence-corrected chi connectivity index (χ4v) is 4.26. The van der Waals surface area contributed by atoms with Gasteiger partial charge in [-0.1, -0.05) is 48.5 Å². The molecule has 6 rings (SSSR count). The Balaban J connectivity index is 1.19. The molecule has 0 spiro atoms. The van der Waals surface area contributed by atoms with Crippen LogP contribution in [0.15, 0.2) is 95.7 Å². The minimum atomic E-state index is -0.294. The van der Waals surface area contributed by atoms with Crippen LogP contribution >= 0.6 is 0 Å². The number of nitrogens with one attached hydrogen (secondary N) is 1. The zero-order chi connectivity index (χ0) is 22.2. The van der Waals surface area contributed by atoms with Crippen LogP contribution in [0.5, 0.6) is 0 Å². The first kappa shape index (κ1) is 19.4. The summed E-state index contributed by atoms with van der Waals surface area (Å²) in [5.74, 6) is 0.356. The van der Waals surface area contributed by atoms with Gasteiger partial charge in [-0.05, 0) is 59.5 Å². The van der Waals surface area contributed by atoms with E-state index in [0.717, 1.165) is 45.0 Å². The Hall–Kier alpha value is -4.25. The van der Waals surface area contributed by atoms with Crippen molar-refractivity contribution in [2.75, 3.05) is 11.9 Å². The molecule has 0 radical (unpaired) electrons. The Morgan fingerprint density at radius 3 is 2.45 bits per heavy atom. The summed E-state index contributed by atoms with van der Waals surface area (Å²) in [5, 5.41) is 6.27. The van der Waals surface area contributed by atoms with Gasteiger partial charge in [-0.2, -0.15) is 0 Å². The molecule has 0 atom stereocenters. The lowest BCUT2D eigenvalue weighted by Crippen LogP contribution is -2.07. The highest BCUT2D eigenvalue weighted by atomic mass is 19.1. The van der Waals surface area contributed by atoms with Crippen molar-refractivity contribution in [2.24, 2.45) is 0 Å². The van der Waals surface area contributed by atoms with Crippen LogP contribution in [0.25, 0.3) is 44.0 Å². The third-order valence-electron chi connectivity index (χ3n) is 5.97. The Morgan fingerprint density at radius 2 is 1.55 bits per heavy atom. The number of fused-ring (bicyclic) bond motifs is 4. The van der Waals surface area contributed by atoms with Crippen LogP contribution in [0.4, 0.5) is 10.2 Å². The van der Waals surface area contributed by atoms with E-state index in [1.165, 1.54) is 24.0 Å². The maximum Gasteiger partial charge on any atom is 0.137 e. The van der Waals surface area contributed by atoms with Gasteiger partial charge in [0.25, 0.3) is 0 Å². The van der Waals surface area contributed by atoms with Crippen LogP contribution in [0.1, 0.15) is 5.56 Å². The highest BCUT2D eigenvalue weighted by Crippen LogP contribution is 2.32. The monoisotopic (exact) mass is 433 g/mol. The molecule has 0 unspecified atom stereocenters. The van der Waals surface area contributed by atoms with Gasteiger partial charge in [0, 0.05) is 22.7 Å². The summed E-state index contributed by atoms with van der Waals surface area (Å²) in [6.45, 7) is 0.689. The van der Waals surface area contributed by atoms with E-state index in [1.807, 2.05) is 24.3 Å². The number of hydrogen-bond acceptors (Lipinski definition) is 4. The maximum absolute atomic E-state index is 13.6. The zero-order valence-corrected chi connectivity index (χ0v) is 17.8. The van der Waals surface area contributed by atoms with E-state index < -0.39 is 0 Å². The highest BCUT2D eigenvalue weighted by Gasteiger charge is 2.08. The molecule has 5 heteroatoms. The average molecular weight is 433 g/mol. The third-order valence-corrected chi connectivity index (χ3v) is 5.97. The summed E-state index contributed by atoms with van der Waals surface area (Å²) < 4.78 is 19.6. The Kier molecular flexibility index (Phi) is 4.73. The molecular formula is C28H20FN3O. The second kappa shape index (κ2) is 8.02. The molecule has 4 nitrogen and oxygen atoms in total. The van der Waals surface area contributed by atoms with Crippen molar-refractivity contribution in [2.45, 2.75) is 6.42 Å². The molecule has 4 aromatic carbocycles. The molecule has 33 heavy (non-hydrogen) atoms. The number of halogens is 1. The number of benzene rings is 4. The number of rotatable bonds is 5. The number of furan rings is 1. The van der Waals surface area contributed by atoms with Gasteiger partial charge in [-0.3, -0.25) is 0 Å². The lowest BCUT2D eigenvalue weighted by Gasteiger charge is -2.09. The average Bonchev–Trinajstić information content (AvgIpc) is 3.23. The number of aromatic nitrogens is 2. The van der Waals surface area contributed by atoms with Gasteiger partial charge < -0.3 is 9.73 Å². The van der Waals surface area contributed by atoms with Crippen molar-refractivity contribution in [3.8, 4) is 11.1 Å². The fraction of sp³-hybridized carbons (Fsp3) is 0.0714. The van der Waals surface area contributed by atoms with Crippen molar-refractivity contribution >= 4 is 38.7 Å². The van der Waals surface area contributed by atoms with E-state index in [0.29, 0.717) is 17.7 Å². The highest BCUT2D eigenvalue weighted by molar-refractivity contribution is 6.06. The molecule has 0 saturated heterocycles. The molecule has 0 aliphatic rings. The predicted octanol–water partition coefficient (Wildman–Crippen LogP) is 6.99. The summed E-state index contributed by atoms with van der Waals surface area (Å²) in [6.07, 6.45) is 2.32. The van der Waals surface area contributed by atoms with Gasteiger partial charge in [0.15, 0.2) is 0 Å². The van der Waals surface area contributed by atoms with Crippen LogP contribution in [0, 0.1) is 5.82 Å². The summed E-state index contributed by atoms with van der Waals surface area (Å²) in [6, 6.07) is 27.6. The lowest BCUT2D eigenvalue weighted by molar-refractivity contribution is 0.629. The Morgan fingerprint density at radius 1 is 0.727 bits per heavy atom. The van der Waals surface area contributed by atoms with Crippen molar-refractivity contribution in [1.29, 1.82) is 0 Å². The standard InChI is InChI=1S/C28H20FN3O/c29-21-10-11-25-24(16-21)28(32-17-31-25)30-14-13-18-5-7-19(8-6-18)20-9-12-27-23(15-20)22-3-1-2-4-26(22)33-27/h1-12,15-17H,13-14H2,(H,30,31,32). The van der Waals surface area contributed by atoms with E-state index in [9.17, 15) is 4.39 Å². The third kappa shape index (κ3) is 3.68. The molecule has 0 aliphatic heterocycles. The van der Waals surface area contributed by atoms with Crippen LogP contribution in [-0.4, -0.2) is 16.5 Å². The molecule has 0 amide bonds. The van der Waals surface area contributed by atoms with E-state index in [-0.39, 0.29) is 5.82 Å². The van der Waals surface area contributed by atoms with E-state index >= 15 is 0 Å². The van der Waals surface area contributed by atoms with E-state index in [4.69, 9.17) is 4.42 Å². The number of hydrogen-bond donors (Lipinski definition) is 1. The minimum absolute atomic E-state index is 0.294. The lowest BCUT2D eigenvalue weighted by atomic mass is 10.0. The van der Waals surface area contributed by atoms with Crippen LogP contribution in [0.2, 0.25) is 0 Å². The van der Waals surface area contributed by atoms with Gasteiger partial charge in [-0.15, -0.1) is 0 Å². The van der Waals surface area contributed by atoms with Gasteiger partial charge in [-0.25, -0.2) is 14.4 Å². The molecule has 2 heterocycles. The second-order valence-corrected chi connectivity index (χ2v) is 8.07. The number of nitrogens with zero attached hydrogens (tertiary/aromatic N) is 2. The predicted molar refractivity (Wildman–Crippen MR) is 131 cm³/mol. The molecule has 6 aromatic rings. The smallest absolute Gasteiger partial charge is 0.137 e. The molecule has 1 N–H and O–H groups in total. The van der Waals surface area contributed by atoms with Crippen molar-refractivity contribution in [3.63, 3.8) is 0 Å². The van der Waals surface area contributed by atoms with E-state index in [1.54, 1.807) is 6.07 Å². The molecular weight excluding hydrogens is 413 g/mol. The summed E-state index contributed by atoms with van der Waals surface area (Å²) in [5.41, 5.74) is 6.07. The summed E-state index contributed by atoms with van der Waals surface area (Å²) >= 11 is 0. The van der Waals surface area contributed by atoms with Crippen LogP contribution < -0.4 is 5.32 Å². The van der Waals surface area contributed by atoms with Gasteiger partial charge in [0.2, 0.25) is 0 Å². The molecule has 2 aromatic heterocycles. The van der Waals surface area contributed by atoms with Gasteiger partial charge in [0.1, 0.15) is 29.1 Å². The minimum Gasteiger partial charge on any atom is -0.456 e. The first-order valence-electron chi connectivity index (χ1n) is 10.9. The maximum atomic E-state index is 13.6. The molecule has 0 aliphatic carbocycles. The zero-order valence-electron chi connectivity index (χ0n) is 17.8. The molecule has 0 fully saturated rings. The number of para-hydroxylation sites is 1. The summed E-state index contributed by atoms with van der Waals surface area (Å²) in [7, 11) is 0. The Bertz CT molecular complexity index is 1610. The fourth-order valence-electron chi connectivity index (χ4n) is 4.26. The second-order valence-electron chi connectivity index (χ2n) is 8.07. The van der Waals surface area contributed by atoms with E-state index in [2.05, 4.69) is 57.7 Å². The van der Waals surface area contributed by atoms with Crippen LogP contribution in [0.3, 0.4) is 0 Å². The molecule has 160 valence electrons. The SMILES string of the molecule is Fc1ccc2ncnc(NCCc3ccc(-c4ccc5oc6ccccc6c5c4)cc3)c2c1. The van der Waals surface area contributed by atoms with Crippen molar-refractivity contribution in [1.82, 2.24) is 9.97 Å². The number of anilines is 1. The first-order chi connectivity index (χ1) is 16.2. The molecule has 0 saturated carbocycles. The first-order valence-corrected chi connectivity index (χ1v) is 10.9. The topological polar surface area (TPSA) is 51.0 Å². The van der Waals surface area contributed by atoms with Crippen molar-refractivity contribution < 1.29 is 8.81 Å². The van der Waals surface area contributed by atoms with Gasteiger partial charge >= 0.3 is 0 Å². The Labute approximate surface area is 189 Å². The van der Waals surface area contributed by atoms with Crippen molar-refractivity contribution in [3.05, 3.63) is 103 Å². The normalized spacial score (nSPS) is 11.4. The largest absolute Gasteiger partial charge is 0.456 e. The quantitative estimate of drug-likeness (QED) is 0.318. The van der Waals surface area contributed by atoms with Crippen LogP contribution in [-0.2, 0) is 6.42 Å². The summed E-state index contributed by atoms with van der Waals surface area (Å²) in [4.78, 5) is 8.47.